The van der Waals surface area contributed by atoms with Gasteiger partial charge in [0, 0.05) is 29.9 Å². The molecule has 0 heterocycles. The van der Waals surface area contributed by atoms with Crippen LogP contribution < -0.4 is 10.2 Å². The number of nitrogens with one attached hydrogen (secondary N) is 1. The number of carbonyl (C=O) groups is 3. The lowest BCUT2D eigenvalue weighted by molar-refractivity contribution is -0.384. The van der Waals surface area contributed by atoms with Crippen molar-refractivity contribution in [3.05, 3.63) is 70.3 Å². The van der Waals surface area contributed by atoms with Gasteiger partial charge in [-0.3, -0.25) is 24.5 Å². The first-order valence-corrected chi connectivity index (χ1v) is 8.92. The predicted octanol–water partition coefficient (Wildman–Crippen LogP) is 2.31. The summed E-state index contributed by atoms with van der Waals surface area (Å²) in [7, 11) is 0. The summed E-state index contributed by atoms with van der Waals surface area (Å²) in [4.78, 5) is 48.3. The van der Waals surface area contributed by atoms with E-state index in [1.807, 2.05) is 6.07 Å². The van der Waals surface area contributed by atoms with Crippen molar-refractivity contribution in [2.45, 2.75) is 20.0 Å². The number of esters is 1. The Hall–Kier alpha value is -3.75. The average Bonchev–Trinajstić information content (AvgIpc) is 2.73. The molecule has 0 aliphatic carbocycles. The lowest BCUT2D eigenvalue weighted by Gasteiger charge is -2.24. The largest absolute Gasteiger partial charge is 0.451 e. The van der Waals surface area contributed by atoms with Crippen LogP contribution in [-0.4, -0.2) is 41.9 Å². The molecule has 0 aliphatic rings. The summed E-state index contributed by atoms with van der Waals surface area (Å²) in [6.07, 6.45) is -1.04. The van der Waals surface area contributed by atoms with Crippen LogP contribution in [0.2, 0.25) is 0 Å². The topological polar surface area (TPSA) is 119 Å². The van der Waals surface area contributed by atoms with Crippen molar-refractivity contribution >= 4 is 29.2 Å². The number of carbonyl (C=O) groups excluding carboxylic acids is 3. The van der Waals surface area contributed by atoms with Gasteiger partial charge in [-0.05, 0) is 32.0 Å². The summed E-state index contributed by atoms with van der Waals surface area (Å²) in [6.45, 7) is 3.18. The van der Waals surface area contributed by atoms with Gasteiger partial charge < -0.3 is 15.0 Å². The number of benzene rings is 2. The van der Waals surface area contributed by atoms with Crippen LogP contribution in [-0.2, 0) is 14.3 Å². The Kier molecular flexibility index (Phi) is 7.41. The number of non-ortho nitro benzene ring substituents is 1. The molecule has 0 bridgehead atoms. The molecule has 152 valence electrons. The molecule has 1 N–H and O–H groups in total. The van der Waals surface area contributed by atoms with Crippen LogP contribution in [0.5, 0.6) is 0 Å². The molecule has 2 aromatic carbocycles. The maximum Gasteiger partial charge on any atom is 0.326 e. The van der Waals surface area contributed by atoms with E-state index in [0.29, 0.717) is 12.2 Å². The van der Waals surface area contributed by atoms with E-state index in [1.54, 1.807) is 31.2 Å². The van der Waals surface area contributed by atoms with Crippen LogP contribution >= 0.6 is 0 Å². The molecule has 1 atom stereocenters. The van der Waals surface area contributed by atoms with Crippen LogP contribution in [0.1, 0.15) is 24.2 Å². The zero-order chi connectivity index (χ0) is 21.4. The van der Waals surface area contributed by atoms with Gasteiger partial charge in [0.2, 0.25) is 0 Å². The minimum atomic E-state index is -1.04. The molecule has 0 spiro atoms. The molecule has 9 nitrogen and oxygen atoms in total. The lowest BCUT2D eigenvalue weighted by atomic mass is 10.2. The number of ether oxygens (including phenoxy) is 1. The Labute approximate surface area is 167 Å². The van der Waals surface area contributed by atoms with Crippen LogP contribution in [0.25, 0.3) is 0 Å². The van der Waals surface area contributed by atoms with Gasteiger partial charge in [0.05, 0.1) is 4.92 Å². The number of nitro groups is 1. The van der Waals surface area contributed by atoms with Gasteiger partial charge in [-0.15, -0.1) is 0 Å². The summed E-state index contributed by atoms with van der Waals surface area (Å²) in [5.41, 5.74) is 0.485. The first-order valence-electron chi connectivity index (χ1n) is 8.92. The number of anilines is 1. The van der Waals surface area contributed by atoms with Crippen molar-refractivity contribution in [1.29, 1.82) is 0 Å². The zero-order valence-corrected chi connectivity index (χ0v) is 16.0. The highest BCUT2D eigenvalue weighted by molar-refractivity contribution is 5.98. The minimum absolute atomic E-state index is 0.0392. The fourth-order valence-corrected chi connectivity index (χ4v) is 2.60. The Morgan fingerprint density at radius 3 is 2.45 bits per heavy atom. The molecule has 2 amide bonds. The maximum absolute atomic E-state index is 12.6. The number of amides is 2. The minimum Gasteiger partial charge on any atom is -0.451 e. The van der Waals surface area contributed by atoms with Gasteiger partial charge in [-0.25, -0.2) is 0 Å². The maximum atomic E-state index is 12.6. The number of hydrogen-bond donors (Lipinski definition) is 1. The monoisotopic (exact) mass is 399 g/mol. The van der Waals surface area contributed by atoms with Crippen molar-refractivity contribution in [1.82, 2.24) is 5.32 Å². The van der Waals surface area contributed by atoms with E-state index in [9.17, 15) is 24.5 Å². The van der Waals surface area contributed by atoms with Gasteiger partial charge in [-0.1, -0.05) is 24.3 Å². The number of rotatable bonds is 8. The molecular formula is C20H21N3O6. The van der Waals surface area contributed by atoms with Gasteiger partial charge in [0.25, 0.3) is 17.5 Å². The summed E-state index contributed by atoms with van der Waals surface area (Å²) >= 11 is 0. The molecule has 0 fully saturated rings. The first kappa shape index (κ1) is 21.5. The molecule has 0 unspecified atom stereocenters. The molecule has 9 heteroatoms. The molecule has 0 aliphatic heterocycles. The Morgan fingerprint density at radius 2 is 1.83 bits per heavy atom. The van der Waals surface area contributed by atoms with Crippen molar-refractivity contribution in [3.8, 4) is 0 Å². The highest BCUT2D eigenvalue weighted by Crippen LogP contribution is 2.15. The Bertz CT molecular complexity index is 900. The normalized spacial score (nSPS) is 11.2. The number of nitro benzene ring substituents is 1. The summed E-state index contributed by atoms with van der Waals surface area (Å²) in [5.74, 6) is -1.85. The van der Waals surface area contributed by atoms with Crippen molar-refractivity contribution < 1.29 is 24.0 Å². The summed E-state index contributed by atoms with van der Waals surface area (Å²) < 4.78 is 5.11. The fraction of sp³-hybridized carbons (Fsp3) is 0.250. The Morgan fingerprint density at radius 1 is 1.14 bits per heavy atom. The summed E-state index contributed by atoms with van der Waals surface area (Å²) in [6, 6.07) is 14.1. The van der Waals surface area contributed by atoms with Crippen LogP contribution in [0, 0.1) is 10.1 Å². The third kappa shape index (κ3) is 5.86. The second-order valence-electron chi connectivity index (χ2n) is 6.04. The molecule has 0 aromatic heterocycles. The standard InChI is InChI=1S/C20H21N3O6/c1-3-22(16-9-5-4-6-10-16)20(26)14(2)29-18(24)13-21-19(25)15-8-7-11-17(12-15)23(27)28/h4-12,14H,3,13H2,1-2H3,(H,21,25)/t14-/m0/s1. The van der Waals surface area contributed by atoms with E-state index >= 15 is 0 Å². The van der Waals surface area contributed by atoms with Gasteiger partial charge >= 0.3 is 5.97 Å². The molecule has 2 rings (SSSR count). The number of hydrogen-bond acceptors (Lipinski definition) is 6. The van der Waals surface area contributed by atoms with Gasteiger partial charge in [-0.2, -0.15) is 0 Å². The van der Waals surface area contributed by atoms with E-state index in [-0.39, 0.29) is 11.3 Å². The molecular weight excluding hydrogens is 378 g/mol. The molecule has 29 heavy (non-hydrogen) atoms. The third-order valence-corrected chi connectivity index (χ3v) is 4.02. The molecule has 0 radical (unpaired) electrons. The zero-order valence-electron chi connectivity index (χ0n) is 16.0. The SMILES string of the molecule is CCN(C(=O)[C@H](C)OC(=O)CNC(=O)c1cccc([N+](=O)[O-])c1)c1ccccc1. The van der Waals surface area contributed by atoms with Crippen molar-refractivity contribution in [3.63, 3.8) is 0 Å². The number of para-hydroxylation sites is 1. The van der Waals surface area contributed by atoms with Crippen molar-refractivity contribution in [2.75, 3.05) is 18.0 Å². The number of nitrogens with zero attached hydrogens (tertiary/aromatic N) is 2. The second-order valence-corrected chi connectivity index (χ2v) is 6.04. The number of likely N-dealkylation sites (N-methyl/N-ethyl adjacent to an activating group) is 1. The lowest BCUT2D eigenvalue weighted by Crippen LogP contribution is -2.41. The second kappa shape index (κ2) is 9.98. The summed E-state index contributed by atoms with van der Waals surface area (Å²) in [5, 5.41) is 13.1. The quantitative estimate of drug-likeness (QED) is 0.413. The van der Waals surface area contributed by atoms with Crippen LogP contribution in [0.15, 0.2) is 54.6 Å². The van der Waals surface area contributed by atoms with E-state index < -0.39 is 35.4 Å². The fourth-order valence-electron chi connectivity index (χ4n) is 2.60. The average molecular weight is 399 g/mol. The molecule has 2 aromatic rings. The highest BCUT2D eigenvalue weighted by atomic mass is 16.6. The van der Waals surface area contributed by atoms with Crippen molar-refractivity contribution in [2.24, 2.45) is 0 Å². The first-order chi connectivity index (χ1) is 13.8. The Balaban J connectivity index is 1.91. The van der Waals surface area contributed by atoms with Crippen LogP contribution in [0.3, 0.4) is 0 Å². The third-order valence-electron chi connectivity index (χ3n) is 4.02. The van der Waals surface area contributed by atoms with E-state index in [4.69, 9.17) is 4.74 Å². The molecule has 0 saturated carbocycles. The smallest absolute Gasteiger partial charge is 0.326 e. The van der Waals surface area contributed by atoms with Gasteiger partial charge in [0.15, 0.2) is 6.10 Å². The highest BCUT2D eigenvalue weighted by Gasteiger charge is 2.24. The van der Waals surface area contributed by atoms with E-state index in [0.717, 1.165) is 6.07 Å². The van der Waals surface area contributed by atoms with Crippen LogP contribution in [0.4, 0.5) is 11.4 Å². The molecule has 0 saturated heterocycles. The van der Waals surface area contributed by atoms with E-state index in [2.05, 4.69) is 5.32 Å². The predicted molar refractivity (Wildman–Crippen MR) is 105 cm³/mol. The van der Waals surface area contributed by atoms with E-state index in [1.165, 1.54) is 30.0 Å². The van der Waals surface area contributed by atoms with Gasteiger partial charge in [0.1, 0.15) is 6.54 Å².